The Hall–Kier alpha value is -1.85. The second kappa shape index (κ2) is 5.50. The fourth-order valence-electron chi connectivity index (χ4n) is 2.69. The van der Waals surface area contributed by atoms with Gasteiger partial charge in [0.2, 0.25) is 0 Å². The number of benzene rings is 1. The number of hydrogen-bond acceptors (Lipinski definition) is 4. The van der Waals surface area contributed by atoms with Crippen molar-refractivity contribution >= 4 is 16.3 Å². The van der Waals surface area contributed by atoms with Gasteiger partial charge in [0.05, 0.1) is 18.5 Å². The highest BCUT2D eigenvalue weighted by Crippen LogP contribution is 2.34. The van der Waals surface area contributed by atoms with Crippen LogP contribution in [0.2, 0.25) is 0 Å². The average Bonchev–Trinajstić information content (AvgIpc) is 2.95. The van der Waals surface area contributed by atoms with Crippen LogP contribution in [0, 0.1) is 13.8 Å². The average molecular weight is 301 g/mol. The van der Waals surface area contributed by atoms with Crippen LogP contribution < -0.4 is 10.5 Å². The maximum Gasteiger partial charge on any atom is 0.194 e. The zero-order valence-electron chi connectivity index (χ0n) is 12.5. The van der Waals surface area contributed by atoms with Crippen LogP contribution in [0.4, 0.5) is 0 Å². The molecular formula is C16H19N3OS. The Kier molecular flexibility index (Phi) is 3.69. The Bertz CT molecular complexity index is 771. The summed E-state index contributed by atoms with van der Waals surface area (Å²) >= 11 is 1.72. The van der Waals surface area contributed by atoms with Gasteiger partial charge in [0.1, 0.15) is 5.75 Å². The largest absolute Gasteiger partial charge is 0.497 e. The highest BCUT2D eigenvalue weighted by atomic mass is 32.1. The molecule has 3 rings (SSSR count). The first-order valence-electron chi connectivity index (χ1n) is 6.97. The van der Waals surface area contributed by atoms with Gasteiger partial charge in [-0.1, -0.05) is 0 Å². The molecule has 0 aliphatic heterocycles. The number of thiazole rings is 1. The molecule has 4 nitrogen and oxygen atoms in total. The molecular weight excluding hydrogens is 282 g/mol. The second-order valence-electron chi connectivity index (χ2n) is 5.04. The molecule has 110 valence electrons. The van der Waals surface area contributed by atoms with Gasteiger partial charge in [-0.15, -0.1) is 11.3 Å². The molecule has 3 aromatic rings. The molecule has 0 aliphatic rings. The number of aromatic nitrogens is 2. The molecule has 0 radical (unpaired) electrons. The number of ether oxygens (including phenoxy) is 1. The van der Waals surface area contributed by atoms with Crippen LogP contribution in [0.25, 0.3) is 16.2 Å². The molecule has 0 amide bonds. The van der Waals surface area contributed by atoms with Crippen molar-refractivity contribution in [2.24, 2.45) is 5.73 Å². The molecule has 1 aromatic carbocycles. The fraction of sp³-hybridized carbons (Fsp3) is 0.312. The van der Waals surface area contributed by atoms with E-state index in [-0.39, 0.29) is 0 Å². The van der Waals surface area contributed by atoms with E-state index in [1.165, 1.54) is 21.8 Å². The molecule has 0 atom stereocenters. The summed E-state index contributed by atoms with van der Waals surface area (Å²) in [5.41, 5.74) is 10.4. The monoisotopic (exact) mass is 301 g/mol. The zero-order valence-corrected chi connectivity index (χ0v) is 13.3. The van der Waals surface area contributed by atoms with Gasteiger partial charge in [-0.3, -0.25) is 4.40 Å². The van der Waals surface area contributed by atoms with Crippen LogP contribution in [0.15, 0.2) is 24.3 Å². The van der Waals surface area contributed by atoms with Gasteiger partial charge in [0, 0.05) is 17.0 Å². The minimum absolute atomic E-state index is 0.631. The van der Waals surface area contributed by atoms with E-state index in [1.807, 2.05) is 12.1 Å². The lowest BCUT2D eigenvalue weighted by atomic mass is 10.1. The highest BCUT2D eigenvalue weighted by molar-refractivity contribution is 7.17. The first-order valence-corrected chi connectivity index (χ1v) is 7.79. The molecule has 2 aromatic heterocycles. The second-order valence-corrected chi connectivity index (χ2v) is 6.22. The number of aryl methyl sites for hydroxylation is 2. The summed E-state index contributed by atoms with van der Waals surface area (Å²) in [5, 5.41) is 0. The summed E-state index contributed by atoms with van der Waals surface area (Å²) in [7, 11) is 1.68. The van der Waals surface area contributed by atoms with Crippen LogP contribution in [0.3, 0.4) is 0 Å². The number of methoxy groups -OCH3 is 1. The smallest absolute Gasteiger partial charge is 0.194 e. The number of hydrogen-bond donors (Lipinski definition) is 1. The fourth-order valence-corrected chi connectivity index (χ4v) is 3.74. The summed E-state index contributed by atoms with van der Waals surface area (Å²) < 4.78 is 7.49. The lowest BCUT2D eigenvalue weighted by molar-refractivity contribution is 0.415. The van der Waals surface area contributed by atoms with Crippen LogP contribution >= 0.6 is 11.3 Å². The van der Waals surface area contributed by atoms with Crippen molar-refractivity contribution in [2.75, 3.05) is 13.7 Å². The standard InChI is InChI=1S/C16H19N3OS/c1-10-14(8-9-17)19-15(11(2)21-16(19)18-10)12-4-6-13(20-3)7-5-12/h4-7H,8-9,17H2,1-3H3. The predicted octanol–water partition coefficient (Wildman–Crippen LogP) is 3.19. The van der Waals surface area contributed by atoms with E-state index < -0.39 is 0 Å². The third-order valence-corrected chi connectivity index (χ3v) is 4.64. The van der Waals surface area contributed by atoms with Gasteiger partial charge in [0.15, 0.2) is 4.96 Å². The molecule has 5 heteroatoms. The maximum absolute atomic E-state index is 5.76. The summed E-state index contributed by atoms with van der Waals surface area (Å²) in [6.07, 6.45) is 0.840. The SMILES string of the molecule is COc1ccc(-c2c(C)sc3nc(C)c(CCN)n23)cc1. The summed E-state index contributed by atoms with van der Waals surface area (Å²) in [4.78, 5) is 6.98. The number of fused-ring (bicyclic) bond motifs is 1. The van der Waals surface area contributed by atoms with E-state index in [4.69, 9.17) is 10.5 Å². The third kappa shape index (κ3) is 2.32. The Morgan fingerprint density at radius 3 is 2.57 bits per heavy atom. The molecule has 0 spiro atoms. The van der Waals surface area contributed by atoms with Gasteiger partial charge in [-0.2, -0.15) is 0 Å². The Morgan fingerprint density at radius 1 is 1.24 bits per heavy atom. The van der Waals surface area contributed by atoms with E-state index in [0.29, 0.717) is 6.54 Å². The van der Waals surface area contributed by atoms with Crippen LogP contribution in [-0.2, 0) is 6.42 Å². The molecule has 0 aliphatic carbocycles. The van der Waals surface area contributed by atoms with E-state index in [2.05, 4.69) is 35.4 Å². The van der Waals surface area contributed by atoms with Crippen LogP contribution in [-0.4, -0.2) is 23.0 Å². The minimum Gasteiger partial charge on any atom is -0.497 e. The first kappa shape index (κ1) is 14.1. The number of nitrogens with two attached hydrogens (primary N) is 1. The molecule has 2 N–H and O–H groups in total. The van der Waals surface area contributed by atoms with Crippen LogP contribution in [0.5, 0.6) is 5.75 Å². The molecule has 2 heterocycles. The molecule has 0 saturated heterocycles. The summed E-state index contributed by atoms with van der Waals surface area (Å²) in [5.74, 6) is 0.867. The number of nitrogens with zero attached hydrogens (tertiary/aromatic N) is 2. The lowest BCUT2D eigenvalue weighted by Gasteiger charge is -2.07. The van der Waals surface area contributed by atoms with E-state index in [9.17, 15) is 0 Å². The topological polar surface area (TPSA) is 52.5 Å². The van der Waals surface area contributed by atoms with Gasteiger partial charge < -0.3 is 10.5 Å². The third-order valence-electron chi connectivity index (χ3n) is 3.69. The van der Waals surface area contributed by atoms with Crippen molar-refractivity contribution in [3.8, 4) is 17.0 Å². The Morgan fingerprint density at radius 2 is 1.95 bits per heavy atom. The van der Waals surface area contributed by atoms with E-state index in [1.54, 1.807) is 18.4 Å². The normalized spacial score (nSPS) is 11.2. The molecule has 0 fully saturated rings. The van der Waals surface area contributed by atoms with Gasteiger partial charge in [-0.25, -0.2) is 4.98 Å². The van der Waals surface area contributed by atoms with E-state index >= 15 is 0 Å². The number of rotatable bonds is 4. The van der Waals surface area contributed by atoms with Crippen molar-refractivity contribution in [1.82, 2.24) is 9.38 Å². The van der Waals surface area contributed by atoms with Gasteiger partial charge in [-0.05, 0) is 50.2 Å². The van der Waals surface area contributed by atoms with Crippen molar-refractivity contribution in [3.63, 3.8) is 0 Å². The molecule has 0 bridgehead atoms. The van der Waals surface area contributed by atoms with Crippen molar-refractivity contribution in [2.45, 2.75) is 20.3 Å². The molecule has 0 unspecified atom stereocenters. The zero-order chi connectivity index (χ0) is 15.0. The first-order chi connectivity index (χ1) is 10.2. The number of imidazole rings is 1. The summed E-state index contributed by atoms with van der Waals surface area (Å²) in [6, 6.07) is 8.17. The Balaban J connectivity index is 2.22. The van der Waals surface area contributed by atoms with Gasteiger partial charge >= 0.3 is 0 Å². The molecule has 0 saturated carbocycles. The predicted molar refractivity (Wildman–Crippen MR) is 87.3 cm³/mol. The van der Waals surface area contributed by atoms with Crippen molar-refractivity contribution < 1.29 is 4.74 Å². The molecule has 21 heavy (non-hydrogen) atoms. The van der Waals surface area contributed by atoms with E-state index in [0.717, 1.165) is 22.8 Å². The lowest BCUT2D eigenvalue weighted by Crippen LogP contribution is -2.06. The Labute approximate surface area is 128 Å². The maximum atomic E-state index is 5.76. The summed E-state index contributed by atoms with van der Waals surface area (Å²) in [6.45, 7) is 4.82. The van der Waals surface area contributed by atoms with Gasteiger partial charge in [0.25, 0.3) is 0 Å². The van der Waals surface area contributed by atoms with Crippen molar-refractivity contribution in [1.29, 1.82) is 0 Å². The van der Waals surface area contributed by atoms with Crippen LogP contribution in [0.1, 0.15) is 16.3 Å². The highest BCUT2D eigenvalue weighted by Gasteiger charge is 2.17. The van der Waals surface area contributed by atoms with Crippen molar-refractivity contribution in [3.05, 3.63) is 40.5 Å². The quantitative estimate of drug-likeness (QED) is 0.805. The minimum atomic E-state index is 0.631.